The van der Waals surface area contributed by atoms with Crippen LogP contribution in [0.4, 0.5) is 0 Å². The van der Waals surface area contributed by atoms with Crippen LogP contribution in [0.5, 0.6) is 11.5 Å². The molecule has 7 nitrogen and oxygen atoms in total. The molecule has 214 valence electrons. The fraction of sp³-hybridized carbons (Fsp3) is 0.200. The summed E-state index contributed by atoms with van der Waals surface area (Å²) in [6.07, 6.45) is 6.73. The monoisotopic (exact) mass is 561 g/mol. The Morgan fingerprint density at radius 2 is 1.55 bits per heavy atom. The van der Waals surface area contributed by atoms with Crippen molar-refractivity contribution in [1.29, 1.82) is 0 Å². The number of carbonyl (C=O) groups is 1. The summed E-state index contributed by atoms with van der Waals surface area (Å²) in [4.78, 5) is 29.1. The summed E-state index contributed by atoms with van der Waals surface area (Å²) in [7, 11) is 0. The number of fused-ring (bicyclic) bond motifs is 1. The molecule has 0 N–H and O–H groups in total. The zero-order valence-corrected chi connectivity index (χ0v) is 23.6. The summed E-state index contributed by atoms with van der Waals surface area (Å²) < 4.78 is 14.0. The van der Waals surface area contributed by atoms with Crippen molar-refractivity contribution in [1.82, 2.24) is 9.58 Å². The van der Waals surface area contributed by atoms with E-state index in [1.807, 2.05) is 78.9 Å². The van der Waals surface area contributed by atoms with Gasteiger partial charge < -0.3 is 14.4 Å². The number of amides is 1. The lowest BCUT2D eigenvalue weighted by atomic mass is 9.97. The highest BCUT2D eigenvalue weighted by molar-refractivity contribution is 5.96. The number of aromatic nitrogens is 1. The summed E-state index contributed by atoms with van der Waals surface area (Å²) in [5, 5.41) is 2.09. The predicted molar refractivity (Wildman–Crippen MR) is 165 cm³/mol. The average Bonchev–Trinajstić information content (AvgIpc) is 3.03. The van der Waals surface area contributed by atoms with E-state index < -0.39 is 0 Å². The Morgan fingerprint density at radius 1 is 0.833 bits per heavy atom. The summed E-state index contributed by atoms with van der Waals surface area (Å²) in [6, 6.07) is 28.7. The number of pyridine rings is 1. The van der Waals surface area contributed by atoms with Gasteiger partial charge in [-0.15, -0.1) is 6.58 Å². The van der Waals surface area contributed by atoms with Gasteiger partial charge in [-0.25, -0.2) is 0 Å². The van der Waals surface area contributed by atoms with Crippen molar-refractivity contribution in [2.24, 2.45) is 0 Å². The highest BCUT2D eigenvalue weighted by atomic mass is 16.5. The molecule has 1 aliphatic heterocycles. The largest absolute Gasteiger partial charge is 0.489 e. The van der Waals surface area contributed by atoms with Crippen molar-refractivity contribution in [3.63, 3.8) is 0 Å². The molecule has 1 atom stereocenters. The van der Waals surface area contributed by atoms with E-state index in [2.05, 4.69) is 30.3 Å². The maximum atomic E-state index is 14.0. The van der Waals surface area contributed by atoms with Gasteiger partial charge in [-0.1, -0.05) is 97.6 Å². The molecule has 0 saturated carbocycles. The van der Waals surface area contributed by atoms with Crippen LogP contribution in [-0.2, 0) is 6.61 Å². The molecule has 5 rings (SSSR count). The number of rotatable bonds is 13. The molecular weight excluding hydrogens is 526 g/mol. The highest BCUT2D eigenvalue weighted by Gasteiger charge is 2.37. The second-order valence-corrected chi connectivity index (χ2v) is 10.0. The maximum Gasteiger partial charge on any atom is 0.277 e. The normalized spacial score (nSPS) is 13.3. The van der Waals surface area contributed by atoms with E-state index in [-0.39, 0.29) is 35.4 Å². The van der Waals surface area contributed by atoms with Crippen molar-refractivity contribution in [2.75, 3.05) is 24.8 Å². The number of carbonyl (C=O) groups excluding carboxylic acids is 1. The molecule has 4 aromatic rings. The SMILES string of the molecule is C=CCCCN1CN(C(c2ccccc2)c2ccccc2OCC=C)n2ccc(=O)c(OCc3ccccc3)c2C1=O. The summed E-state index contributed by atoms with van der Waals surface area (Å²) in [5.74, 6) is 0.497. The van der Waals surface area contributed by atoms with Crippen molar-refractivity contribution < 1.29 is 14.3 Å². The Bertz CT molecular complexity index is 1580. The molecule has 1 unspecified atom stereocenters. The van der Waals surface area contributed by atoms with Gasteiger partial charge in [0.25, 0.3) is 5.91 Å². The predicted octanol–water partition coefficient (Wildman–Crippen LogP) is 6.10. The number of ether oxygens (including phenoxy) is 2. The molecule has 42 heavy (non-hydrogen) atoms. The molecule has 7 heteroatoms. The van der Waals surface area contributed by atoms with Crippen molar-refractivity contribution >= 4 is 5.91 Å². The lowest BCUT2D eigenvalue weighted by Crippen LogP contribution is -2.55. The van der Waals surface area contributed by atoms with Crippen molar-refractivity contribution in [3.05, 3.63) is 155 Å². The van der Waals surface area contributed by atoms with E-state index in [9.17, 15) is 9.59 Å². The van der Waals surface area contributed by atoms with Gasteiger partial charge in [-0.3, -0.25) is 19.3 Å². The minimum atomic E-state index is -0.356. The van der Waals surface area contributed by atoms with Crippen LogP contribution in [0.1, 0.15) is 46.1 Å². The third kappa shape index (κ3) is 6.15. The molecule has 0 radical (unpaired) electrons. The van der Waals surface area contributed by atoms with Crippen LogP contribution >= 0.6 is 0 Å². The standard InChI is InChI=1S/C35H35N3O4/c1-3-5-14-22-36-26-38(32(28-17-10-7-11-18-28)29-19-12-13-20-31(29)41-24-4-2)37-23-21-30(39)34(33(37)35(36)40)42-25-27-15-8-6-9-16-27/h3-4,6-13,15-21,23,32H,1-2,5,14,22,24-26H2. The van der Waals surface area contributed by atoms with Crippen LogP contribution in [0.25, 0.3) is 0 Å². The van der Waals surface area contributed by atoms with Crippen molar-refractivity contribution in [2.45, 2.75) is 25.5 Å². The third-order valence-electron chi connectivity index (χ3n) is 7.16. The first-order chi connectivity index (χ1) is 20.6. The van der Waals surface area contributed by atoms with E-state index in [0.717, 1.165) is 29.5 Å². The first-order valence-corrected chi connectivity index (χ1v) is 14.1. The Labute approximate surface area is 246 Å². The number of hydrogen-bond acceptors (Lipinski definition) is 5. The molecule has 2 heterocycles. The van der Waals surface area contributed by atoms with Gasteiger partial charge in [-0.05, 0) is 30.0 Å². The quantitative estimate of drug-likeness (QED) is 0.146. The van der Waals surface area contributed by atoms with Crippen LogP contribution in [0, 0.1) is 0 Å². The van der Waals surface area contributed by atoms with E-state index >= 15 is 0 Å². The minimum Gasteiger partial charge on any atom is -0.489 e. The van der Waals surface area contributed by atoms with Gasteiger partial charge in [0.1, 0.15) is 31.7 Å². The Kier molecular flexibility index (Phi) is 9.19. The number of allylic oxidation sites excluding steroid dienone is 1. The molecule has 0 aliphatic carbocycles. The molecule has 0 spiro atoms. The smallest absolute Gasteiger partial charge is 0.277 e. The first kappa shape index (κ1) is 28.5. The third-order valence-corrected chi connectivity index (χ3v) is 7.16. The van der Waals surface area contributed by atoms with Gasteiger partial charge >= 0.3 is 0 Å². The number of para-hydroxylation sites is 1. The van der Waals surface area contributed by atoms with Crippen LogP contribution in [0.2, 0.25) is 0 Å². The molecule has 1 aromatic heterocycles. The fourth-order valence-corrected chi connectivity index (χ4v) is 5.18. The van der Waals surface area contributed by atoms with Crippen LogP contribution in [0.3, 0.4) is 0 Å². The molecule has 0 bridgehead atoms. The lowest BCUT2D eigenvalue weighted by molar-refractivity contribution is 0.0674. The molecule has 0 saturated heterocycles. The number of unbranched alkanes of at least 4 members (excludes halogenated alkanes) is 1. The van der Waals surface area contributed by atoms with Gasteiger partial charge in [0.05, 0.1) is 0 Å². The minimum absolute atomic E-state index is 0.0350. The van der Waals surface area contributed by atoms with Crippen LogP contribution < -0.4 is 19.9 Å². The van der Waals surface area contributed by atoms with E-state index in [1.165, 1.54) is 6.07 Å². The molecule has 0 fully saturated rings. The molecule has 1 amide bonds. The van der Waals surface area contributed by atoms with Crippen molar-refractivity contribution in [3.8, 4) is 11.5 Å². The summed E-state index contributed by atoms with van der Waals surface area (Å²) in [6.45, 7) is 8.94. The average molecular weight is 562 g/mol. The molecular formula is C35H35N3O4. The Balaban J connectivity index is 1.66. The fourth-order valence-electron chi connectivity index (χ4n) is 5.18. The molecule has 3 aromatic carbocycles. The van der Waals surface area contributed by atoms with Gasteiger partial charge in [0.2, 0.25) is 5.43 Å². The number of nitrogens with zero attached hydrogens (tertiary/aromatic N) is 3. The van der Waals surface area contributed by atoms with Gasteiger partial charge in [0, 0.05) is 24.4 Å². The molecule has 1 aliphatic rings. The van der Waals surface area contributed by atoms with E-state index in [4.69, 9.17) is 9.47 Å². The number of hydrogen-bond donors (Lipinski definition) is 0. The van der Waals surface area contributed by atoms with Gasteiger partial charge in [0.15, 0.2) is 11.4 Å². The summed E-state index contributed by atoms with van der Waals surface area (Å²) >= 11 is 0. The van der Waals surface area contributed by atoms with E-state index in [0.29, 0.717) is 25.6 Å². The number of benzene rings is 3. The second kappa shape index (κ2) is 13.5. The first-order valence-electron chi connectivity index (χ1n) is 14.1. The van der Waals surface area contributed by atoms with Crippen LogP contribution in [-0.4, -0.2) is 35.3 Å². The Morgan fingerprint density at radius 3 is 2.29 bits per heavy atom. The maximum absolute atomic E-state index is 14.0. The Hall–Kier alpha value is -5.04. The van der Waals surface area contributed by atoms with Gasteiger partial charge in [-0.2, -0.15) is 0 Å². The zero-order chi connectivity index (χ0) is 29.3. The topological polar surface area (TPSA) is 64.0 Å². The lowest BCUT2D eigenvalue weighted by Gasteiger charge is -2.44. The zero-order valence-electron chi connectivity index (χ0n) is 23.6. The van der Waals surface area contributed by atoms with Crippen LogP contribution in [0.15, 0.2) is 127 Å². The highest BCUT2D eigenvalue weighted by Crippen LogP contribution is 2.37. The van der Waals surface area contributed by atoms with E-state index in [1.54, 1.807) is 21.8 Å². The summed E-state index contributed by atoms with van der Waals surface area (Å²) in [5.41, 5.74) is 2.68. The second-order valence-electron chi connectivity index (χ2n) is 10.0.